The van der Waals surface area contributed by atoms with Gasteiger partial charge in [-0.2, -0.15) is 0 Å². The van der Waals surface area contributed by atoms with Crippen LogP contribution >= 0.6 is 11.3 Å². The maximum absolute atomic E-state index is 13.0. The van der Waals surface area contributed by atoms with Gasteiger partial charge in [0.2, 0.25) is 0 Å². The number of carbonyl (C=O) groups excluding carboxylic acids is 1. The number of methoxy groups -OCH3 is 1. The molecule has 27 heavy (non-hydrogen) atoms. The van der Waals surface area contributed by atoms with Crippen LogP contribution in [0, 0.1) is 6.92 Å². The quantitative estimate of drug-likeness (QED) is 0.695. The number of thiazole rings is 1. The highest BCUT2D eigenvalue weighted by atomic mass is 32.1. The smallest absolute Gasteiger partial charge is 0.273 e. The number of hydrogen-bond acceptors (Lipinski definition) is 5. The number of ether oxygens (including phenoxy) is 1. The predicted molar refractivity (Wildman–Crippen MR) is 107 cm³/mol. The van der Waals surface area contributed by atoms with E-state index >= 15 is 0 Å². The van der Waals surface area contributed by atoms with E-state index in [1.807, 2.05) is 59.1 Å². The average molecular weight is 382 g/mol. The molecule has 0 radical (unpaired) electrons. The van der Waals surface area contributed by atoms with Crippen LogP contribution in [0.4, 0.5) is 5.69 Å². The SMILES string of the molecule is COc1ccccc1N1CCN(C(=O)c2nc(-n3cccc3)sc2C)CC1. The number of piperazine rings is 1. The van der Waals surface area contributed by atoms with Crippen LogP contribution in [0.15, 0.2) is 48.8 Å². The van der Waals surface area contributed by atoms with Crippen LogP contribution in [0.1, 0.15) is 15.4 Å². The topological polar surface area (TPSA) is 50.6 Å². The first kappa shape index (κ1) is 17.6. The first-order chi connectivity index (χ1) is 13.2. The molecule has 0 bridgehead atoms. The predicted octanol–water partition coefficient (Wildman–Crippen LogP) is 3.21. The van der Waals surface area contributed by atoms with Gasteiger partial charge in [0.05, 0.1) is 12.8 Å². The highest BCUT2D eigenvalue weighted by Gasteiger charge is 2.26. The summed E-state index contributed by atoms with van der Waals surface area (Å²) in [6, 6.07) is 11.9. The second kappa shape index (κ2) is 7.44. The Morgan fingerprint density at radius 3 is 2.48 bits per heavy atom. The van der Waals surface area contributed by atoms with Crippen molar-refractivity contribution in [1.82, 2.24) is 14.5 Å². The van der Waals surface area contributed by atoms with Crippen molar-refractivity contribution in [2.24, 2.45) is 0 Å². The number of hydrogen-bond donors (Lipinski definition) is 0. The summed E-state index contributed by atoms with van der Waals surface area (Å²) >= 11 is 1.54. The molecule has 1 amide bonds. The summed E-state index contributed by atoms with van der Waals surface area (Å²) < 4.78 is 7.40. The zero-order valence-corrected chi connectivity index (χ0v) is 16.3. The average Bonchev–Trinajstić information content (AvgIpc) is 3.37. The third-order valence-corrected chi connectivity index (χ3v) is 5.79. The van der Waals surface area contributed by atoms with E-state index in [9.17, 15) is 4.79 Å². The zero-order valence-electron chi connectivity index (χ0n) is 15.5. The van der Waals surface area contributed by atoms with Gasteiger partial charge in [-0.3, -0.25) is 4.79 Å². The monoisotopic (exact) mass is 382 g/mol. The summed E-state index contributed by atoms with van der Waals surface area (Å²) in [7, 11) is 1.69. The Morgan fingerprint density at radius 1 is 1.07 bits per heavy atom. The molecule has 3 aromatic rings. The molecule has 140 valence electrons. The molecule has 0 aliphatic carbocycles. The Bertz CT molecular complexity index is 927. The van der Waals surface area contributed by atoms with Gasteiger partial charge in [-0.05, 0) is 31.2 Å². The van der Waals surface area contributed by atoms with E-state index < -0.39 is 0 Å². The largest absolute Gasteiger partial charge is 0.495 e. The van der Waals surface area contributed by atoms with E-state index in [1.165, 1.54) is 0 Å². The lowest BCUT2D eigenvalue weighted by atomic mass is 10.2. The van der Waals surface area contributed by atoms with E-state index in [0.29, 0.717) is 18.8 Å². The van der Waals surface area contributed by atoms with Crippen molar-refractivity contribution >= 4 is 22.9 Å². The van der Waals surface area contributed by atoms with Crippen LogP contribution in [0.2, 0.25) is 0 Å². The third-order valence-electron chi connectivity index (χ3n) is 4.81. The first-order valence-corrected chi connectivity index (χ1v) is 9.77. The molecular weight excluding hydrogens is 360 g/mol. The van der Waals surface area contributed by atoms with Crippen LogP contribution < -0.4 is 9.64 Å². The second-order valence-electron chi connectivity index (χ2n) is 6.44. The van der Waals surface area contributed by atoms with Crippen molar-refractivity contribution in [3.63, 3.8) is 0 Å². The third kappa shape index (κ3) is 3.42. The number of anilines is 1. The Balaban J connectivity index is 1.46. The number of para-hydroxylation sites is 2. The Morgan fingerprint density at radius 2 is 1.78 bits per heavy atom. The molecule has 4 rings (SSSR count). The fourth-order valence-electron chi connectivity index (χ4n) is 3.34. The van der Waals surface area contributed by atoms with E-state index in [2.05, 4.69) is 16.0 Å². The van der Waals surface area contributed by atoms with Crippen LogP contribution in [0.25, 0.3) is 5.13 Å². The lowest BCUT2D eigenvalue weighted by Gasteiger charge is -2.36. The van der Waals surface area contributed by atoms with Gasteiger partial charge >= 0.3 is 0 Å². The van der Waals surface area contributed by atoms with Crippen LogP contribution in [0.3, 0.4) is 0 Å². The van der Waals surface area contributed by atoms with Crippen LogP contribution in [-0.4, -0.2) is 53.6 Å². The molecule has 6 nitrogen and oxygen atoms in total. The van der Waals surface area contributed by atoms with Crippen molar-refractivity contribution in [1.29, 1.82) is 0 Å². The Labute approximate surface area is 162 Å². The molecule has 2 aromatic heterocycles. The fourth-order valence-corrected chi connectivity index (χ4v) is 4.21. The van der Waals surface area contributed by atoms with Crippen molar-refractivity contribution in [3.8, 4) is 10.9 Å². The number of benzene rings is 1. The lowest BCUT2D eigenvalue weighted by molar-refractivity contribution is 0.0741. The van der Waals surface area contributed by atoms with Gasteiger partial charge in [0, 0.05) is 43.4 Å². The first-order valence-electron chi connectivity index (χ1n) is 8.95. The molecule has 1 aliphatic rings. The van der Waals surface area contributed by atoms with Crippen molar-refractivity contribution in [3.05, 3.63) is 59.4 Å². The normalized spacial score (nSPS) is 14.4. The minimum Gasteiger partial charge on any atom is -0.495 e. The molecule has 0 spiro atoms. The molecule has 0 N–H and O–H groups in total. The molecule has 1 aromatic carbocycles. The number of carbonyl (C=O) groups is 1. The molecular formula is C20H22N4O2S. The standard InChI is InChI=1S/C20H22N4O2S/c1-15-18(21-20(27-15)24-9-5-6-10-24)19(25)23-13-11-22(12-14-23)16-7-3-4-8-17(16)26-2/h3-10H,11-14H2,1-2H3. The van der Waals surface area contributed by atoms with Gasteiger partial charge in [-0.1, -0.05) is 12.1 Å². The molecule has 0 saturated carbocycles. The number of amides is 1. The van der Waals surface area contributed by atoms with E-state index in [-0.39, 0.29) is 5.91 Å². The van der Waals surface area contributed by atoms with E-state index in [4.69, 9.17) is 4.74 Å². The Hall–Kier alpha value is -2.80. The summed E-state index contributed by atoms with van der Waals surface area (Å²) in [5, 5.41) is 0.827. The van der Waals surface area contributed by atoms with E-state index in [1.54, 1.807) is 18.4 Å². The number of aryl methyl sites for hydroxylation is 1. The van der Waals surface area contributed by atoms with Gasteiger partial charge < -0.3 is 19.1 Å². The van der Waals surface area contributed by atoms with E-state index in [0.717, 1.165) is 34.5 Å². The highest BCUT2D eigenvalue weighted by molar-refractivity contribution is 7.14. The summed E-state index contributed by atoms with van der Waals surface area (Å²) in [5.74, 6) is 0.880. The molecule has 1 aliphatic heterocycles. The lowest BCUT2D eigenvalue weighted by Crippen LogP contribution is -2.49. The summed E-state index contributed by atoms with van der Waals surface area (Å²) in [6.07, 6.45) is 3.89. The second-order valence-corrected chi connectivity index (χ2v) is 7.62. The summed E-state index contributed by atoms with van der Waals surface area (Å²) in [4.78, 5) is 22.7. The molecule has 3 heterocycles. The minimum absolute atomic E-state index is 0.0156. The van der Waals surface area contributed by atoms with Gasteiger partial charge in [0.25, 0.3) is 5.91 Å². The highest BCUT2D eigenvalue weighted by Crippen LogP contribution is 2.29. The summed E-state index contributed by atoms with van der Waals surface area (Å²) in [6.45, 7) is 4.86. The van der Waals surface area contributed by atoms with Gasteiger partial charge in [0.1, 0.15) is 11.4 Å². The minimum atomic E-state index is 0.0156. The summed E-state index contributed by atoms with van der Waals surface area (Å²) in [5.41, 5.74) is 1.64. The maximum atomic E-state index is 13.0. The molecule has 1 fully saturated rings. The molecule has 0 unspecified atom stereocenters. The zero-order chi connectivity index (χ0) is 18.8. The van der Waals surface area contributed by atoms with Crippen molar-refractivity contribution < 1.29 is 9.53 Å². The number of aromatic nitrogens is 2. The van der Waals surface area contributed by atoms with Gasteiger partial charge in [0.15, 0.2) is 5.13 Å². The number of nitrogens with zero attached hydrogens (tertiary/aromatic N) is 4. The van der Waals surface area contributed by atoms with Crippen LogP contribution in [-0.2, 0) is 0 Å². The maximum Gasteiger partial charge on any atom is 0.273 e. The molecule has 0 atom stereocenters. The van der Waals surface area contributed by atoms with Crippen molar-refractivity contribution in [2.45, 2.75) is 6.92 Å². The van der Waals surface area contributed by atoms with Crippen molar-refractivity contribution in [2.75, 3.05) is 38.2 Å². The van der Waals surface area contributed by atoms with Gasteiger partial charge in [-0.25, -0.2) is 4.98 Å². The van der Waals surface area contributed by atoms with Gasteiger partial charge in [-0.15, -0.1) is 11.3 Å². The molecule has 1 saturated heterocycles. The van der Waals surface area contributed by atoms with Crippen LogP contribution in [0.5, 0.6) is 5.75 Å². The fraction of sp³-hybridized carbons (Fsp3) is 0.300. The Kier molecular flexibility index (Phi) is 4.85. The number of rotatable bonds is 4. The molecule has 7 heteroatoms.